The first-order valence-corrected chi connectivity index (χ1v) is 9.36. The Bertz CT molecular complexity index is 1140. The lowest BCUT2D eigenvalue weighted by molar-refractivity contribution is -0.192. The zero-order valence-electron chi connectivity index (χ0n) is 17.4. The molecule has 0 aliphatic rings. The number of carboxylic acids is 1. The molecule has 0 atom stereocenters. The minimum absolute atomic E-state index is 0.0866. The third-order valence-electron chi connectivity index (χ3n) is 4.53. The van der Waals surface area contributed by atoms with Gasteiger partial charge in [-0.15, -0.1) is 0 Å². The van der Waals surface area contributed by atoms with E-state index in [1.165, 1.54) is 10.1 Å². The van der Waals surface area contributed by atoms with Crippen LogP contribution >= 0.6 is 0 Å². The highest BCUT2D eigenvalue weighted by atomic mass is 19.4. The maximum Gasteiger partial charge on any atom is 0.490 e. The molecule has 0 aliphatic carbocycles. The number of methoxy groups -OCH3 is 1. The third-order valence-corrected chi connectivity index (χ3v) is 4.53. The Morgan fingerprint density at radius 2 is 1.72 bits per heavy atom. The zero-order chi connectivity index (χ0) is 23.9. The number of anilines is 1. The van der Waals surface area contributed by atoms with Crippen LogP contribution in [0.4, 0.5) is 19.1 Å². The van der Waals surface area contributed by atoms with E-state index in [4.69, 9.17) is 20.4 Å². The van der Waals surface area contributed by atoms with Crippen LogP contribution in [0.15, 0.2) is 59.5 Å². The van der Waals surface area contributed by atoms with Gasteiger partial charge >= 0.3 is 12.1 Å². The lowest BCUT2D eigenvalue weighted by Gasteiger charge is -2.08. The van der Waals surface area contributed by atoms with E-state index in [1.807, 2.05) is 24.3 Å². The fourth-order valence-electron chi connectivity index (χ4n) is 2.76. The lowest BCUT2D eigenvalue weighted by atomic mass is 10.00. The van der Waals surface area contributed by atoms with E-state index in [1.54, 1.807) is 20.4 Å². The van der Waals surface area contributed by atoms with Gasteiger partial charge in [0.25, 0.3) is 5.56 Å². The van der Waals surface area contributed by atoms with Crippen LogP contribution in [0.5, 0.6) is 5.75 Å². The van der Waals surface area contributed by atoms with Crippen LogP contribution < -0.4 is 16.0 Å². The van der Waals surface area contributed by atoms with Crippen molar-refractivity contribution in [2.75, 3.05) is 12.8 Å². The van der Waals surface area contributed by atoms with Gasteiger partial charge in [-0.2, -0.15) is 13.2 Å². The van der Waals surface area contributed by atoms with Gasteiger partial charge in [0.1, 0.15) is 5.75 Å². The Morgan fingerprint density at radius 3 is 2.31 bits per heavy atom. The van der Waals surface area contributed by atoms with Crippen molar-refractivity contribution in [3.8, 4) is 16.9 Å². The summed E-state index contributed by atoms with van der Waals surface area (Å²) in [7, 11) is 3.30. The molecule has 32 heavy (non-hydrogen) atoms. The standard InChI is InChI=1S/C20H21N3O2.C2HF3O2/c1-23-19(24)17(13-22-20(23)21)10-9-14-5-3-6-15(11-14)16-7-4-8-18(12-16)25-2;3-2(4,5)1(6)7/h3-8,11-13H,9-10H2,1-2H3,(H2,21,22);(H,6,7). The molecule has 0 spiro atoms. The molecule has 170 valence electrons. The van der Waals surface area contributed by atoms with E-state index in [-0.39, 0.29) is 11.5 Å². The van der Waals surface area contributed by atoms with E-state index >= 15 is 0 Å². The number of aliphatic carboxylic acids is 1. The summed E-state index contributed by atoms with van der Waals surface area (Å²) in [6.07, 6.45) is -2.12. The normalized spacial score (nSPS) is 10.8. The number of halogens is 3. The smallest absolute Gasteiger partial charge is 0.490 e. The van der Waals surface area contributed by atoms with Crippen LogP contribution in [0.3, 0.4) is 0 Å². The summed E-state index contributed by atoms with van der Waals surface area (Å²) in [6, 6.07) is 16.3. The molecule has 3 aromatic rings. The van der Waals surface area contributed by atoms with Crippen molar-refractivity contribution in [2.24, 2.45) is 7.05 Å². The van der Waals surface area contributed by atoms with E-state index in [0.717, 1.165) is 23.3 Å². The highest BCUT2D eigenvalue weighted by molar-refractivity contribution is 5.73. The van der Waals surface area contributed by atoms with E-state index < -0.39 is 12.1 Å². The monoisotopic (exact) mass is 449 g/mol. The summed E-state index contributed by atoms with van der Waals surface area (Å²) in [5.74, 6) is -1.69. The van der Waals surface area contributed by atoms with Crippen molar-refractivity contribution in [1.29, 1.82) is 0 Å². The van der Waals surface area contributed by atoms with Crippen molar-refractivity contribution in [3.63, 3.8) is 0 Å². The van der Waals surface area contributed by atoms with Crippen molar-refractivity contribution < 1.29 is 27.8 Å². The summed E-state index contributed by atoms with van der Waals surface area (Å²) in [5, 5.41) is 7.12. The molecule has 1 aromatic heterocycles. The molecular weight excluding hydrogens is 427 g/mol. The van der Waals surface area contributed by atoms with Gasteiger partial charge in [-0.25, -0.2) is 9.78 Å². The second-order valence-corrected chi connectivity index (χ2v) is 6.74. The second-order valence-electron chi connectivity index (χ2n) is 6.74. The number of nitrogens with zero attached hydrogens (tertiary/aromatic N) is 2. The number of benzene rings is 2. The Kier molecular flexibility index (Phi) is 8.00. The van der Waals surface area contributed by atoms with Gasteiger partial charge in [0, 0.05) is 18.8 Å². The Morgan fingerprint density at radius 1 is 1.12 bits per heavy atom. The quantitative estimate of drug-likeness (QED) is 0.618. The summed E-state index contributed by atoms with van der Waals surface area (Å²) in [4.78, 5) is 25.2. The highest BCUT2D eigenvalue weighted by Gasteiger charge is 2.38. The highest BCUT2D eigenvalue weighted by Crippen LogP contribution is 2.24. The number of carboxylic acid groups (broad SMARTS) is 1. The first-order chi connectivity index (χ1) is 15.0. The number of nitrogens with two attached hydrogens (primary N) is 1. The van der Waals surface area contributed by atoms with Crippen LogP contribution in [0.25, 0.3) is 11.1 Å². The number of aromatic nitrogens is 2. The number of hydrogen-bond donors (Lipinski definition) is 2. The first kappa shape index (κ1) is 24.4. The lowest BCUT2D eigenvalue weighted by Crippen LogP contribution is -2.24. The number of ether oxygens (including phenoxy) is 1. The summed E-state index contributed by atoms with van der Waals surface area (Å²) in [6.45, 7) is 0. The predicted molar refractivity (Wildman–Crippen MR) is 113 cm³/mol. The maximum absolute atomic E-state index is 12.2. The van der Waals surface area contributed by atoms with Crippen molar-refractivity contribution in [1.82, 2.24) is 9.55 Å². The minimum Gasteiger partial charge on any atom is -0.497 e. The second kappa shape index (κ2) is 10.5. The number of aryl methyl sites for hydroxylation is 2. The van der Waals surface area contributed by atoms with Gasteiger partial charge in [-0.1, -0.05) is 36.4 Å². The maximum atomic E-state index is 12.2. The third kappa shape index (κ3) is 6.59. The first-order valence-electron chi connectivity index (χ1n) is 9.36. The summed E-state index contributed by atoms with van der Waals surface area (Å²) >= 11 is 0. The number of carbonyl (C=O) groups is 1. The van der Waals surface area contributed by atoms with E-state index in [9.17, 15) is 18.0 Å². The molecule has 0 aliphatic heterocycles. The number of hydrogen-bond acceptors (Lipinski definition) is 5. The van der Waals surface area contributed by atoms with Crippen LogP contribution in [0, 0.1) is 0 Å². The van der Waals surface area contributed by atoms with Gasteiger partial charge in [-0.3, -0.25) is 9.36 Å². The van der Waals surface area contributed by atoms with Crippen molar-refractivity contribution >= 4 is 11.9 Å². The average molecular weight is 449 g/mol. The Labute approximate surface area is 181 Å². The molecule has 0 radical (unpaired) electrons. The van der Waals surface area contributed by atoms with E-state index in [0.29, 0.717) is 12.0 Å². The Hall–Kier alpha value is -3.82. The largest absolute Gasteiger partial charge is 0.497 e. The van der Waals surface area contributed by atoms with Gasteiger partial charge in [-0.05, 0) is 41.7 Å². The van der Waals surface area contributed by atoms with Crippen molar-refractivity contribution in [2.45, 2.75) is 19.0 Å². The predicted octanol–water partition coefficient (Wildman–Crippen LogP) is 3.46. The Balaban J connectivity index is 0.000000451. The van der Waals surface area contributed by atoms with Gasteiger partial charge in [0.05, 0.1) is 7.11 Å². The number of rotatable bonds is 5. The summed E-state index contributed by atoms with van der Waals surface area (Å²) < 4.78 is 38.4. The molecule has 7 nitrogen and oxygen atoms in total. The molecule has 3 rings (SSSR count). The fourth-order valence-corrected chi connectivity index (χ4v) is 2.76. The molecule has 3 N–H and O–H groups in total. The van der Waals surface area contributed by atoms with Gasteiger partial charge in [0.2, 0.25) is 5.95 Å². The van der Waals surface area contributed by atoms with Crippen molar-refractivity contribution in [3.05, 3.63) is 76.2 Å². The fraction of sp³-hybridized carbons (Fsp3) is 0.227. The molecule has 1 heterocycles. The molecule has 0 unspecified atom stereocenters. The van der Waals surface area contributed by atoms with Gasteiger partial charge in [0.15, 0.2) is 0 Å². The van der Waals surface area contributed by atoms with Crippen LogP contribution in [-0.2, 0) is 24.7 Å². The molecule has 0 bridgehead atoms. The van der Waals surface area contributed by atoms with Crippen LogP contribution in [0.1, 0.15) is 11.1 Å². The summed E-state index contributed by atoms with van der Waals surface area (Å²) in [5.41, 5.74) is 9.62. The number of nitrogen functional groups attached to an aromatic ring is 1. The molecule has 0 saturated carbocycles. The molecule has 0 fully saturated rings. The molecular formula is C22H22F3N3O4. The zero-order valence-corrected chi connectivity index (χ0v) is 17.4. The SMILES string of the molecule is COc1cccc(-c2cccc(CCc3cnc(N)n(C)c3=O)c2)c1.O=C(O)C(F)(F)F. The molecule has 0 amide bonds. The molecule has 2 aromatic carbocycles. The molecule has 10 heteroatoms. The van der Waals surface area contributed by atoms with Crippen LogP contribution in [-0.4, -0.2) is 33.9 Å². The molecule has 0 saturated heterocycles. The van der Waals surface area contributed by atoms with Gasteiger partial charge < -0.3 is 15.6 Å². The van der Waals surface area contributed by atoms with Crippen LogP contribution in [0.2, 0.25) is 0 Å². The minimum atomic E-state index is -5.08. The van der Waals surface area contributed by atoms with E-state index in [2.05, 4.69) is 29.2 Å². The topological polar surface area (TPSA) is 107 Å². The number of alkyl halides is 3. The average Bonchev–Trinajstić information content (AvgIpc) is 2.77.